The lowest BCUT2D eigenvalue weighted by Crippen LogP contribution is -2.18. The third-order valence-electron chi connectivity index (χ3n) is 6.68. The van der Waals surface area contributed by atoms with Gasteiger partial charge in [0, 0.05) is 17.5 Å². The van der Waals surface area contributed by atoms with Gasteiger partial charge in [0.2, 0.25) is 0 Å². The molecule has 1 fully saturated rings. The molecule has 35 heavy (non-hydrogen) atoms. The van der Waals surface area contributed by atoms with Gasteiger partial charge in [-0.1, -0.05) is 42.5 Å². The fourth-order valence-corrected chi connectivity index (χ4v) is 4.58. The van der Waals surface area contributed by atoms with Crippen LogP contribution in [0.3, 0.4) is 0 Å². The molecule has 3 aromatic carbocycles. The van der Waals surface area contributed by atoms with E-state index in [2.05, 4.69) is 35.0 Å². The van der Waals surface area contributed by atoms with Crippen molar-refractivity contribution in [2.45, 2.75) is 51.8 Å². The Morgan fingerprint density at radius 2 is 1.89 bits per heavy atom. The molecule has 4 aromatic rings. The molecule has 5 rings (SSSR count). The van der Waals surface area contributed by atoms with E-state index >= 15 is 0 Å². The maximum Gasteiger partial charge on any atom is 0.310 e. The van der Waals surface area contributed by atoms with E-state index in [1.54, 1.807) is 0 Å². The highest BCUT2D eigenvalue weighted by atomic mass is 16.5. The Kier molecular flexibility index (Phi) is 6.82. The number of hydrogen-bond acceptors (Lipinski definition) is 5. The average molecular weight is 470 g/mol. The molecule has 1 heterocycles. The summed E-state index contributed by atoms with van der Waals surface area (Å²) in [5.41, 5.74) is 12.1. The van der Waals surface area contributed by atoms with Crippen molar-refractivity contribution < 1.29 is 14.3 Å². The first kappa shape index (κ1) is 23.1. The molecule has 0 saturated heterocycles. The minimum atomic E-state index is -0.257. The zero-order valence-electron chi connectivity index (χ0n) is 20.1. The van der Waals surface area contributed by atoms with Gasteiger partial charge in [0.25, 0.3) is 0 Å². The van der Waals surface area contributed by atoms with Crippen LogP contribution in [0.15, 0.2) is 66.7 Å². The molecule has 6 heteroatoms. The fraction of sp³-hybridized carbons (Fsp3) is 0.310. The standard InChI is InChI=1S/C29H31N3O3/c1-2-34-29(33)17-23-8-3-4-12-28(23)35-19-26-25-16-22(21-9-5-7-20(15-21)18-30)13-14-27(25)32(31-26)24-10-6-11-24/h3-5,7-9,12-16,24H,2,6,10-11,17-19,30H2,1H3. The van der Waals surface area contributed by atoms with E-state index in [-0.39, 0.29) is 12.4 Å². The Morgan fingerprint density at radius 1 is 1.06 bits per heavy atom. The van der Waals surface area contributed by atoms with E-state index in [9.17, 15) is 4.79 Å². The van der Waals surface area contributed by atoms with Crippen molar-refractivity contribution in [1.82, 2.24) is 9.78 Å². The first-order chi connectivity index (χ1) is 17.2. The molecule has 180 valence electrons. The molecule has 0 atom stereocenters. The summed E-state index contributed by atoms with van der Waals surface area (Å²) in [4.78, 5) is 12.0. The molecule has 0 amide bonds. The van der Waals surface area contributed by atoms with Crippen molar-refractivity contribution in [1.29, 1.82) is 0 Å². The number of aromatic nitrogens is 2. The van der Waals surface area contributed by atoms with Crippen LogP contribution >= 0.6 is 0 Å². The predicted molar refractivity (Wildman–Crippen MR) is 137 cm³/mol. The van der Waals surface area contributed by atoms with Crippen LogP contribution in [0.1, 0.15) is 49.0 Å². The molecule has 1 aliphatic rings. The summed E-state index contributed by atoms with van der Waals surface area (Å²) in [6.45, 7) is 3.01. The van der Waals surface area contributed by atoms with Crippen LogP contribution in [0, 0.1) is 0 Å². The van der Waals surface area contributed by atoms with Gasteiger partial charge in [-0.05, 0) is 67.1 Å². The first-order valence-electron chi connectivity index (χ1n) is 12.3. The lowest BCUT2D eigenvalue weighted by Gasteiger charge is -2.26. The minimum Gasteiger partial charge on any atom is -0.487 e. The highest BCUT2D eigenvalue weighted by molar-refractivity contribution is 5.87. The molecule has 1 saturated carbocycles. The molecule has 1 aromatic heterocycles. The molecule has 0 bridgehead atoms. The number of carbonyl (C=O) groups is 1. The van der Waals surface area contributed by atoms with Gasteiger partial charge >= 0.3 is 5.97 Å². The molecular weight excluding hydrogens is 438 g/mol. The number of rotatable bonds is 9. The van der Waals surface area contributed by atoms with Crippen LogP contribution in [-0.2, 0) is 29.1 Å². The summed E-state index contributed by atoms with van der Waals surface area (Å²) in [6.07, 6.45) is 3.73. The number of nitrogens with two attached hydrogens (primary N) is 1. The van der Waals surface area contributed by atoms with Crippen molar-refractivity contribution in [3.63, 3.8) is 0 Å². The maximum absolute atomic E-state index is 12.0. The van der Waals surface area contributed by atoms with Crippen molar-refractivity contribution in [3.8, 4) is 16.9 Å². The van der Waals surface area contributed by atoms with Crippen molar-refractivity contribution in [3.05, 3.63) is 83.6 Å². The lowest BCUT2D eigenvalue weighted by molar-refractivity contribution is -0.142. The van der Waals surface area contributed by atoms with E-state index in [0.717, 1.165) is 51.7 Å². The third-order valence-corrected chi connectivity index (χ3v) is 6.68. The molecular formula is C29H31N3O3. The van der Waals surface area contributed by atoms with Gasteiger partial charge in [-0.25, -0.2) is 0 Å². The molecule has 0 unspecified atom stereocenters. The summed E-state index contributed by atoms with van der Waals surface area (Å²) in [7, 11) is 0. The number of benzene rings is 3. The minimum absolute atomic E-state index is 0.183. The Balaban J connectivity index is 1.47. The summed E-state index contributed by atoms with van der Waals surface area (Å²) in [5, 5.41) is 6.09. The SMILES string of the molecule is CCOC(=O)Cc1ccccc1OCc1nn(C2CCC2)c2ccc(-c3cccc(CN)c3)cc12. The van der Waals surface area contributed by atoms with Crippen molar-refractivity contribution in [2.75, 3.05) is 6.61 Å². The highest BCUT2D eigenvalue weighted by Crippen LogP contribution is 2.36. The normalized spacial score (nSPS) is 13.5. The van der Waals surface area contributed by atoms with E-state index < -0.39 is 0 Å². The van der Waals surface area contributed by atoms with Crippen molar-refractivity contribution in [2.24, 2.45) is 5.73 Å². The van der Waals surface area contributed by atoms with E-state index in [1.165, 1.54) is 6.42 Å². The fourth-order valence-electron chi connectivity index (χ4n) is 4.58. The first-order valence-corrected chi connectivity index (χ1v) is 12.3. The quantitative estimate of drug-likeness (QED) is 0.324. The second kappa shape index (κ2) is 10.3. The number of ether oxygens (including phenoxy) is 2. The summed E-state index contributed by atoms with van der Waals surface area (Å²) in [6, 6.07) is 22.9. The largest absolute Gasteiger partial charge is 0.487 e. The van der Waals surface area contributed by atoms with Gasteiger partial charge in [0.15, 0.2) is 0 Å². The van der Waals surface area contributed by atoms with E-state index in [1.807, 2.05) is 43.3 Å². The van der Waals surface area contributed by atoms with Gasteiger partial charge in [0.05, 0.1) is 24.6 Å². The zero-order chi connectivity index (χ0) is 24.2. The number of hydrogen-bond donors (Lipinski definition) is 1. The summed E-state index contributed by atoms with van der Waals surface area (Å²) in [5.74, 6) is 0.423. The monoisotopic (exact) mass is 469 g/mol. The Labute approximate surface area is 205 Å². The van der Waals surface area contributed by atoms with Crippen molar-refractivity contribution >= 4 is 16.9 Å². The van der Waals surface area contributed by atoms with Crippen LogP contribution in [0.2, 0.25) is 0 Å². The van der Waals surface area contributed by atoms with Crippen LogP contribution in [0.4, 0.5) is 0 Å². The van der Waals surface area contributed by atoms with Gasteiger partial charge < -0.3 is 15.2 Å². The second-order valence-corrected chi connectivity index (χ2v) is 8.99. The van der Waals surface area contributed by atoms with Crippen LogP contribution in [0.5, 0.6) is 5.75 Å². The number of fused-ring (bicyclic) bond motifs is 1. The van der Waals surface area contributed by atoms with Crippen LogP contribution in [-0.4, -0.2) is 22.4 Å². The average Bonchev–Trinajstić information content (AvgIpc) is 3.20. The second-order valence-electron chi connectivity index (χ2n) is 8.99. The molecule has 6 nitrogen and oxygen atoms in total. The molecule has 1 aliphatic carbocycles. The van der Waals surface area contributed by atoms with Gasteiger partial charge in [0.1, 0.15) is 18.1 Å². The zero-order valence-corrected chi connectivity index (χ0v) is 20.1. The topological polar surface area (TPSA) is 79.4 Å². The Hall–Kier alpha value is -3.64. The Morgan fingerprint density at radius 3 is 2.66 bits per heavy atom. The van der Waals surface area contributed by atoms with Gasteiger partial charge in [-0.2, -0.15) is 5.10 Å². The lowest BCUT2D eigenvalue weighted by atomic mass is 9.93. The number of nitrogens with zero attached hydrogens (tertiary/aromatic N) is 2. The van der Waals surface area contributed by atoms with Crippen LogP contribution in [0.25, 0.3) is 22.0 Å². The van der Waals surface area contributed by atoms with Gasteiger partial charge in [-0.15, -0.1) is 0 Å². The van der Waals surface area contributed by atoms with E-state index in [0.29, 0.717) is 31.5 Å². The summed E-state index contributed by atoms with van der Waals surface area (Å²) >= 11 is 0. The molecule has 0 radical (unpaired) electrons. The Bertz CT molecular complexity index is 1340. The van der Waals surface area contributed by atoms with Crippen LogP contribution < -0.4 is 10.5 Å². The predicted octanol–water partition coefficient (Wildman–Crippen LogP) is 5.57. The smallest absolute Gasteiger partial charge is 0.310 e. The van der Waals surface area contributed by atoms with Gasteiger partial charge in [-0.3, -0.25) is 9.48 Å². The summed E-state index contributed by atoms with van der Waals surface area (Å²) < 4.78 is 13.5. The number of esters is 1. The molecule has 2 N–H and O–H groups in total. The molecule has 0 spiro atoms. The number of para-hydroxylation sites is 1. The highest BCUT2D eigenvalue weighted by Gasteiger charge is 2.24. The number of carbonyl (C=O) groups excluding carboxylic acids is 1. The van der Waals surface area contributed by atoms with E-state index in [4.69, 9.17) is 20.3 Å². The maximum atomic E-state index is 12.0. The molecule has 0 aliphatic heterocycles. The third kappa shape index (κ3) is 4.93.